The van der Waals surface area contributed by atoms with Crippen molar-refractivity contribution in [2.45, 2.75) is 0 Å². The van der Waals surface area contributed by atoms with Crippen LogP contribution >= 0.6 is 0 Å². The van der Waals surface area contributed by atoms with Crippen LogP contribution in [0.2, 0.25) is 0 Å². The lowest BCUT2D eigenvalue weighted by atomic mass is 25.7. The van der Waals surface area contributed by atoms with Gasteiger partial charge < -0.3 is 0 Å². The molecule has 0 unspecified atom stereocenters. The topological polar surface area (TPSA) is 0 Å². The fourth-order valence-corrected chi connectivity index (χ4v) is 326. The van der Waals surface area contributed by atoms with Crippen molar-refractivity contribution < 1.29 is 0 Å². The van der Waals surface area contributed by atoms with E-state index in [0.29, 0.717) is 14.7 Å². The van der Waals surface area contributed by atoms with Crippen molar-refractivity contribution in [2.75, 3.05) is 0 Å². The second kappa shape index (κ2) is 1.39. The molecule has 0 saturated carbocycles. The third-order valence-electron chi connectivity index (χ3n) is 2.48. The normalized spacial score (nSPS) is 68.0. The maximum absolute atomic E-state index is 1.00. The van der Waals surface area contributed by atoms with Crippen molar-refractivity contribution in [1.82, 2.24) is 0 Å². The summed E-state index contributed by atoms with van der Waals surface area (Å²) in [4.78, 5) is 0. The van der Waals surface area contributed by atoms with E-state index in [9.17, 15) is 0 Å². The van der Waals surface area contributed by atoms with E-state index >= 15 is 0 Å². The van der Waals surface area contributed by atoms with Crippen LogP contribution in [-0.2, 0) is 0 Å². The lowest BCUT2D eigenvalue weighted by Gasteiger charge is -2.42. The predicted octanol–water partition coefficient (Wildman–Crippen LogP) is -4.96. The molecular weight excluding hydrogens is 169 g/mol. The maximum atomic E-state index is 1.00. The Kier molecular flexibility index (Phi) is 0.972. The molecule has 0 aromatic heterocycles. The van der Waals surface area contributed by atoms with Crippen molar-refractivity contribution in [3.8, 4) is 0 Å². The van der Waals surface area contributed by atoms with Gasteiger partial charge in [-0.25, -0.2) is 0 Å². The van der Waals surface area contributed by atoms with Gasteiger partial charge in [0.05, 0.1) is 0 Å². The highest BCUT2D eigenvalue weighted by molar-refractivity contribution is 8.17. The summed E-state index contributed by atoms with van der Waals surface area (Å²) < 4.78 is 0. The molecule has 0 atom stereocenters. The van der Waals surface area contributed by atoms with Crippen LogP contribution in [-0.4, -0.2) is 48.9 Å². The van der Waals surface area contributed by atoms with Gasteiger partial charge in [0.25, 0.3) is 0 Å². The maximum Gasteiger partial charge on any atom is -0.00647 e. The SMILES string of the molecule is [SiH2]1[SiH2][SiH]2[SiH2][SiH2][SiH]12. The van der Waals surface area contributed by atoms with Gasteiger partial charge in [0.2, 0.25) is 0 Å². The van der Waals surface area contributed by atoms with Gasteiger partial charge in [-0.15, -0.1) is 0 Å². The minimum Gasteiger partial charge on any atom is -0.00876 e. The summed E-state index contributed by atoms with van der Waals surface area (Å²) in [5.74, 6) is 0. The number of rotatable bonds is 0. The standard InChI is InChI=1S/H10Si6/c1-2-6-4-3-5(1)6/h5-6H,1-4H2. The molecule has 0 N–H and O–H groups in total. The summed E-state index contributed by atoms with van der Waals surface area (Å²) in [6, 6.07) is 0. The predicted molar refractivity (Wildman–Crippen MR) is 48.5 cm³/mol. The summed E-state index contributed by atoms with van der Waals surface area (Å²) in [5.41, 5.74) is 0. The van der Waals surface area contributed by atoms with Crippen LogP contribution in [0.1, 0.15) is 0 Å². The van der Waals surface area contributed by atoms with Crippen LogP contribution in [0, 0.1) is 0 Å². The van der Waals surface area contributed by atoms with E-state index in [4.69, 9.17) is 0 Å². The quantitative estimate of drug-likeness (QED) is 0.326. The Hall–Kier alpha value is 1.30. The molecule has 0 aromatic rings. The van der Waals surface area contributed by atoms with Crippen LogP contribution in [0.3, 0.4) is 0 Å². The number of fused-ring (bicyclic) bond motifs is 1. The molecule has 0 aliphatic carbocycles. The van der Waals surface area contributed by atoms with Crippen LogP contribution in [0.5, 0.6) is 0 Å². The Bertz CT molecular complexity index is 48.4. The lowest BCUT2D eigenvalue weighted by molar-refractivity contribution is 3.34. The van der Waals surface area contributed by atoms with Crippen molar-refractivity contribution in [1.29, 1.82) is 0 Å². The lowest BCUT2D eigenvalue weighted by Crippen LogP contribution is -2.79. The first-order valence-corrected chi connectivity index (χ1v) is 26.7. The molecule has 2 aliphatic rings. The molecule has 2 aliphatic heterocycles. The molecule has 2 saturated heterocycles. The summed E-state index contributed by atoms with van der Waals surface area (Å²) in [6.45, 7) is 0. The van der Waals surface area contributed by atoms with Crippen molar-refractivity contribution in [3.05, 3.63) is 0 Å². The third-order valence-corrected chi connectivity index (χ3v) is 201. The average Bonchev–Trinajstić information content (AvgIpc) is 1.54. The zero-order chi connectivity index (χ0) is 3.98. The molecule has 6 heteroatoms. The summed E-state index contributed by atoms with van der Waals surface area (Å²) in [5, 5.41) is 0. The Balaban J connectivity index is 2.03. The summed E-state index contributed by atoms with van der Waals surface area (Å²) in [7, 11) is 5.33. The van der Waals surface area contributed by atoms with E-state index in [1.54, 1.807) is 0 Å². The molecule has 0 aromatic carbocycles. The van der Waals surface area contributed by atoms with Gasteiger partial charge >= 0.3 is 0 Å². The van der Waals surface area contributed by atoms with Gasteiger partial charge in [0.15, 0.2) is 0 Å². The highest BCUT2D eigenvalue weighted by Gasteiger charge is 2.41. The molecule has 2 heterocycles. The average molecular weight is 179 g/mol. The van der Waals surface area contributed by atoms with E-state index in [-0.39, 0.29) is 0 Å². The van der Waals surface area contributed by atoms with E-state index in [1.165, 1.54) is 0 Å². The first-order valence-electron chi connectivity index (χ1n) is 2.97. The minimum absolute atomic E-state index is 0.657. The minimum atomic E-state index is 0.657. The molecule has 6 heavy (non-hydrogen) atoms. The second-order valence-corrected chi connectivity index (χ2v) is 72.2. The van der Waals surface area contributed by atoms with Crippen molar-refractivity contribution in [2.24, 2.45) is 0 Å². The first-order chi connectivity index (χ1) is 2.97. The van der Waals surface area contributed by atoms with Gasteiger partial charge in [-0.2, -0.15) is 0 Å². The number of hydrogen-bond donors (Lipinski definition) is 0. The molecule has 34 valence electrons. The van der Waals surface area contributed by atoms with Crippen LogP contribution in [0.15, 0.2) is 0 Å². The molecule has 2 fully saturated rings. The van der Waals surface area contributed by atoms with E-state index in [2.05, 4.69) is 0 Å². The number of hydrogen-bond acceptors (Lipinski definition) is 0. The smallest absolute Gasteiger partial charge is 0.00647 e. The summed E-state index contributed by atoms with van der Waals surface area (Å²) >= 11 is 0. The Labute approximate surface area is 49.1 Å². The Morgan fingerprint density at radius 2 is 1.00 bits per heavy atom. The van der Waals surface area contributed by atoms with Gasteiger partial charge in [0.1, 0.15) is 0 Å². The monoisotopic (exact) mass is 178 g/mol. The highest BCUT2D eigenvalue weighted by Crippen LogP contribution is 2.04. The molecule has 0 radical (unpaired) electrons. The Morgan fingerprint density at radius 3 is 1.00 bits per heavy atom. The van der Waals surface area contributed by atoms with Gasteiger partial charge in [-0.3, -0.25) is 0 Å². The fourth-order valence-electron chi connectivity index (χ4n) is 1.56. The zero-order valence-corrected chi connectivity index (χ0v) is 11.9. The fraction of sp³-hybridized carbons (Fsp3) is 0. The molecular formula is H10Si6. The van der Waals surface area contributed by atoms with E-state index in [0.717, 1.165) is 34.2 Å². The van der Waals surface area contributed by atoms with Crippen LogP contribution < -0.4 is 0 Å². The zero-order valence-electron chi connectivity index (χ0n) is 3.98. The van der Waals surface area contributed by atoms with Gasteiger partial charge in [-0.1, -0.05) is 0 Å². The van der Waals surface area contributed by atoms with Crippen LogP contribution in [0.4, 0.5) is 0 Å². The van der Waals surface area contributed by atoms with Crippen molar-refractivity contribution in [3.63, 3.8) is 0 Å². The van der Waals surface area contributed by atoms with Crippen LogP contribution in [0.25, 0.3) is 0 Å². The van der Waals surface area contributed by atoms with Crippen molar-refractivity contribution >= 4 is 48.9 Å². The Morgan fingerprint density at radius 1 is 0.667 bits per heavy atom. The third kappa shape index (κ3) is 0.419. The molecule has 0 amide bonds. The molecule has 0 bridgehead atoms. The molecule has 0 nitrogen and oxygen atoms in total. The highest BCUT2D eigenvalue weighted by atomic mass is 30.5. The first kappa shape index (κ1) is 4.21. The van der Waals surface area contributed by atoms with E-state index < -0.39 is 0 Å². The molecule has 2 rings (SSSR count). The van der Waals surface area contributed by atoms with Gasteiger partial charge in [0, 0.05) is 0 Å². The second-order valence-electron chi connectivity index (χ2n) is 2.67. The largest absolute Gasteiger partial charge is 0.00876 e. The van der Waals surface area contributed by atoms with E-state index in [1.807, 2.05) is 0 Å². The summed E-state index contributed by atoms with van der Waals surface area (Å²) in [6.07, 6.45) is 0. The molecule has 0 spiro atoms. The van der Waals surface area contributed by atoms with Gasteiger partial charge in [-0.05, 0) is 48.9 Å².